The Morgan fingerprint density at radius 3 is 2.31 bits per heavy atom. The SMILES string of the molecule is COc1cc2nccc(Oc3ncc(N(C(=O)CC(N)=O)c4ccccc4)cc3Cl)c2cc1OC. The van der Waals surface area contributed by atoms with Crippen LogP contribution in [0.5, 0.6) is 23.1 Å². The molecule has 0 saturated heterocycles. The maximum absolute atomic E-state index is 12.8. The van der Waals surface area contributed by atoms with Crippen molar-refractivity contribution in [3.8, 4) is 23.1 Å². The number of nitrogens with two attached hydrogens (primary N) is 1. The van der Waals surface area contributed by atoms with Crippen LogP contribution in [0.1, 0.15) is 6.42 Å². The number of rotatable bonds is 8. The molecule has 0 atom stereocenters. The van der Waals surface area contributed by atoms with Gasteiger partial charge in [-0.2, -0.15) is 0 Å². The first-order chi connectivity index (χ1) is 16.9. The number of amides is 2. The van der Waals surface area contributed by atoms with E-state index < -0.39 is 18.2 Å². The van der Waals surface area contributed by atoms with Crippen molar-refractivity contribution in [3.05, 3.63) is 72.0 Å². The minimum absolute atomic E-state index is 0.119. The van der Waals surface area contributed by atoms with Gasteiger partial charge in [0.2, 0.25) is 17.7 Å². The number of nitrogens with zero attached hydrogens (tertiary/aromatic N) is 3. The number of aromatic nitrogens is 2. The van der Waals surface area contributed by atoms with Crippen LogP contribution in [0.25, 0.3) is 10.9 Å². The van der Waals surface area contributed by atoms with Gasteiger partial charge < -0.3 is 19.9 Å². The van der Waals surface area contributed by atoms with E-state index in [1.54, 1.807) is 55.8 Å². The van der Waals surface area contributed by atoms with Crippen molar-refractivity contribution in [1.29, 1.82) is 0 Å². The van der Waals surface area contributed by atoms with Gasteiger partial charge >= 0.3 is 0 Å². The number of hydrogen-bond donors (Lipinski definition) is 1. The molecule has 10 heteroatoms. The number of anilines is 2. The average molecular weight is 493 g/mol. The number of pyridine rings is 2. The maximum Gasteiger partial charge on any atom is 0.241 e. The molecule has 0 spiro atoms. The van der Waals surface area contributed by atoms with E-state index >= 15 is 0 Å². The molecule has 0 fully saturated rings. The molecule has 2 N–H and O–H groups in total. The zero-order valence-corrected chi connectivity index (χ0v) is 19.7. The first-order valence-corrected chi connectivity index (χ1v) is 10.8. The third kappa shape index (κ3) is 5.10. The van der Waals surface area contributed by atoms with Crippen LogP contribution in [0.4, 0.5) is 11.4 Å². The van der Waals surface area contributed by atoms with Crippen molar-refractivity contribution in [3.63, 3.8) is 0 Å². The number of para-hydroxylation sites is 1. The van der Waals surface area contributed by atoms with E-state index in [2.05, 4.69) is 9.97 Å². The van der Waals surface area contributed by atoms with Crippen molar-refractivity contribution < 1.29 is 23.8 Å². The first kappa shape index (κ1) is 23.8. The van der Waals surface area contributed by atoms with Crippen LogP contribution in [0, 0.1) is 0 Å². The van der Waals surface area contributed by atoms with Crippen LogP contribution in [0.3, 0.4) is 0 Å². The van der Waals surface area contributed by atoms with E-state index in [0.717, 1.165) is 0 Å². The van der Waals surface area contributed by atoms with Gasteiger partial charge in [-0.25, -0.2) is 4.98 Å². The van der Waals surface area contributed by atoms with E-state index in [1.807, 2.05) is 6.07 Å². The lowest BCUT2D eigenvalue weighted by molar-refractivity contribution is -0.125. The molecule has 0 aliphatic carbocycles. The van der Waals surface area contributed by atoms with Crippen molar-refractivity contribution in [2.45, 2.75) is 6.42 Å². The molecule has 35 heavy (non-hydrogen) atoms. The van der Waals surface area contributed by atoms with Crippen LogP contribution in [-0.4, -0.2) is 36.0 Å². The lowest BCUT2D eigenvalue weighted by Gasteiger charge is -2.23. The highest BCUT2D eigenvalue weighted by atomic mass is 35.5. The summed E-state index contributed by atoms with van der Waals surface area (Å²) < 4.78 is 16.7. The van der Waals surface area contributed by atoms with Gasteiger partial charge in [0.25, 0.3) is 0 Å². The normalized spacial score (nSPS) is 10.6. The third-order valence-electron chi connectivity index (χ3n) is 5.05. The van der Waals surface area contributed by atoms with Gasteiger partial charge in [0, 0.05) is 23.3 Å². The predicted molar refractivity (Wildman–Crippen MR) is 132 cm³/mol. The smallest absolute Gasteiger partial charge is 0.241 e. The van der Waals surface area contributed by atoms with Gasteiger partial charge in [0.15, 0.2) is 11.5 Å². The highest BCUT2D eigenvalue weighted by Gasteiger charge is 2.22. The van der Waals surface area contributed by atoms with Crippen molar-refractivity contribution >= 4 is 45.7 Å². The highest BCUT2D eigenvalue weighted by molar-refractivity contribution is 6.32. The fourth-order valence-corrected chi connectivity index (χ4v) is 3.69. The fraction of sp³-hybridized carbons (Fsp3) is 0.120. The summed E-state index contributed by atoms with van der Waals surface area (Å²) >= 11 is 6.50. The number of fused-ring (bicyclic) bond motifs is 1. The van der Waals surface area contributed by atoms with Gasteiger partial charge in [-0.3, -0.25) is 19.5 Å². The zero-order valence-electron chi connectivity index (χ0n) is 18.9. The Bertz CT molecular complexity index is 1400. The van der Waals surface area contributed by atoms with E-state index in [-0.39, 0.29) is 10.9 Å². The standard InChI is InChI=1S/C25H21ClN4O5/c1-33-21-11-17-19(12-22(21)34-2)28-9-8-20(17)35-25-18(26)10-16(14-29-25)30(24(32)13-23(27)31)15-6-4-3-5-7-15/h3-12,14H,13H2,1-2H3,(H2,27,31). The number of carbonyl (C=O) groups is 2. The maximum atomic E-state index is 12.8. The van der Waals surface area contributed by atoms with Gasteiger partial charge in [0.1, 0.15) is 17.2 Å². The summed E-state index contributed by atoms with van der Waals surface area (Å²) in [7, 11) is 3.08. The van der Waals surface area contributed by atoms with Crippen LogP contribution in [-0.2, 0) is 9.59 Å². The van der Waals surface area contributed by atoms with Crippen molar-refractivity contribution in [2.75, 3.05) is 19.1 Å². The monoisotopic (exact) mass is 492 g/mol. The first-order valence-electron chi connectivity index (χ1n) is 10.4. The van der Waals surface area contributed by atoms with Gasteiger partial charge in [0.05, 0.1) is 31.6 Å². The number of hydrogen-bond acceptors (Lipinski definition) is 7. The summed E-state index contributed by atoms with van der Waals surface area (Å²) in [5, 5.41) is 0.815. The molecule has 0 saturated carbocycles. The minimum atomic E-state index is -0.744. The summed E-state index contributed by atoms with van der Waals surface area (Å²) in [6.45, 7) is 0. The largest absolute Gasteiger partial charge is 0.493 e. The fourth-order valence-electron chi connectivity index (χ4n) is 3.50. The molecular weight excluding hydrogens is 472 g/mol. The Morgan fingerprint density at radius 1 is 0.943 bits per heavy atom. The molecule has 0 aliphatic heterocycles. The third-order valence-corrected chi connectivity index (χ3v) is 5.32. The van der Waals surface area contributed by atoms with E-state index in [1.165, 1.54) is 24.3 Å². The summed E-state index contributed by atoms with van der Waals surface area (Å²) in [5.41, 5.74) is 6.75. The zero-order chi connectivity index (χ0) is 24.9. The lowest BCUT2D eigenvalue weighted by atomic mass is 10.2. The van der Waals surface area contributed by atoms with Gasteiger partial charge in [-0.05, 0) is 30.3 Å². The Kier molecular flexibility index (Phi) is 6.98. The van der Waals surface area contributed by atoms with Crippen molar-refractivity contribution in [2.24, 2.45) is 5.73 Å². The molecule has 0 unspecified atom stereocenters. The predicted octanol–water partition coefficient (Wildman–Crippen LogP) is 4.63. The summed E-state index contributed by atoms with van der Waals surface area (Å²) in [4.78, 5) is 34.2. The molecule has 2 aromatic carbocycles. The average Bonchev–Trinajstić information content (AvgIpc) is 2.85. The minimum Gasteiger partial charge on any atom is -0.493 e. The molecule has 0 aliphatic rings. The quantitative estimate of drug-likeness (QED) is 0.356. The van der Waals surface area contributed by atoms with Gasteiger partial charge in [-0.1, -0.05) is 29.8 Å². The number of halogens is 1. The van der Waals surface area contributed by atoms with Crippen LogP contribution >= 0.6 is 11.6 Å². The summed E-state index contributed by atoms with van der Waals surface area (Å²) in [6, 6.07) is 15.5. The molecule has 178 valence electrons. The van der Waals surface area contributed by atoms with Crippen LogP contribution in [0.15, 0.2) is 67.0 Å². The second-order valence-corrected chi connectivity index (χ2v) is 7.73. The molecular formula is C25H21ClN4O5. The second-order valence-electron chi connectivity index (χ2n) is 7.32. The van der Waals surface area contributed by atoms with Crippen LogP contribution in [0.2, 0.25) is 5.02 Å². The Labute approximate surface area is 206 Å². The Hall–Kier alpha value is -4.37. The molecule has 4 aromatic rings. The topological polar surface area (TPSA) is 117 Å². The second kappa shape index (κ2) is 10.3. The van der Waals surface area contributed by atoms with E-state index in [4.69, 9.17) is 31.5 Å². The molecule has 2 amide bonds. The summed E-state index contributed by atoms with van der Waals surface area (Å²) in [5.74, 6) is 0.351. The molecule has 0 bridgehead atoms. The lowest BCUT2D eigenvalue weighted by Crippen LogP contribution is -2.30. The molecule has 0 radical (unpaired) electrons. The number of benzene rings is 2. The number of ether oxygens (including phenoxy) is 3. The van der Waals surface area contributed by atoms with E-state index in [0.29, 0.717) is 39.5 Å². The molecule has 2 aromatic heterocycles. The van der Waals surface area contributed by atoms with E-state index in [9.17, 15) is 9.59 Å². The van der Waals surface area contributed by atoms with Crippen molar-refractivity contribution in [1.82, 2.24) is 9.97 Å². The number of methoxy groups -OCH3 is 2. The number of carbonyl (C=O) groups excluding carboxylic acids is 2. The van der Waals surface area contributed by atoms with Gasteiger partial charge in [-0.15, -0.1) is 0 Å². The Morgan fingerprint density at radius 2 is 1.66 bits per heavy atom. The highest BCUT2D eigenvalue weighted by Crippen LogP contribution is 2.39. The van der Waals surface area contributed by atoms with Crippen LogP contribution < -0.4 is 24.8 Å². The number of primary amides is 1. The molecule has 4 rings (SSSR count). The summed E-state index contributed by atoms with van der Waals surface area (Å²) in [6.07, 6.45) is 2.55. The molecule has 2 heterocycles. The molecule has 9 nitrogen and oxygen atoms in total. The Balaban J connectivity index is 1.70.